The third-order valence-corrected chi connectivity index (χ3v) is 5.08. The molecule has 0 fully saturated rings. The highest BCUT2D eigenvalue weighted by molar-refractivity contribution is 5.98. The van der Waals surface area contributed by atoms with Crippen molar-refractivity contribution in [3.05, 3.63) is 66.2 Å². The van der Waals surface area contributed by atoms with Gasteiger partial charge in [0, 0.05) is 34.1 Å². The second-order valence-electron chi connectivity index (χ2n) is 6.50. The fraction of sp³-hybridized carbons (Fsp3) is 0.150. The first-order valence-electron chi connectivity index (χ1n) is 7.81. The van der Waals surface area contributed by atoms with Crippen LogP contribution in [-0.2, 0) is 11.3 Å². The quantitative estimate of drug-likeness (QED) is 0.771. The van der Waals surface area contributed by atoms with Gasteiger partial charge in [-0.3, -0.25) is 4.79 Å². The van der Waals surface area contributed by atoms with Crippen LogP contribution in [0.15, 0.2) is 60.7 Å². The Bertz CT molecular complexity index is 1010. The third kappa shape index (κ3) is 1.67. The van der Waals surface area contributed by atoms with Crippen LogP contribution >= 0.6 is 0 Å². The Labute approximate surface area is 133 Å². The van der Waals surface area contributed by atoms with Crippen LogP contribution in [-0.4, -0.2) is 15.6 Å². The van der Waals surface area contributed by atoms with Crippen molar-refractivity contribution in [2.75, 3.05) is 0 Å². The lowest BCUT2D eigenvalue weighted by molar-refractivity contribution is -0.138. The Kier molecular flexibility index (Phi) is 2.28. The summed E-state index contributed by atoms with van der Waals surface area (Å²) in [6.45, 7) is 0.701. The maximum atomic E-state index is 11.4. The molecule has 3 heteroatoms. The number of fused-ring (bicyclic) bond motifs is 7. The summed E-state index contributed by atoms with van der Waals surface area (Å²) in [6.07, 6.45) is 2.29. The van der Waals surface area contributed by atoms with Crippen molar-refractivity contribution in [2.24, 2.45) is 5.41 Å². The molecular formula is C20H15NO2. The maximum Gasteiger partial charge on any atom is 0.304 e. The maximum absolute atomic E-state index is 11.4. The molecule has 2 aromatic carbocycles. The molecule has 5 rings (SSSR count). The molecule has 0 amide bonds. The van der Waals surface area contributed by atoms with E-state index in [0.29, 0.717) is 6.54 Å². The zero-order chi connectivity index (χ0) is 15.6. The van der Waals surface area contributed by atoms with Gasteiger partial charge in [0.25, 0.3) is 0 Å². The van der Waals surface area contributed by atoms with Gasteiger partial charge in [0.2, 0.25) is 0 Å². The van der Waals surface area contributed by atoms with Gasteiger partial charge in [-0.15, -0.1) is 0 Å². The molecule has 1 aliphatic carbocycles. The van der Waals surface area contributed by atoms with Crippen LogP contribution in [0.1, 0.15) is 12.0 Å². The number of para-hydroxylation sites is 1. The van der Waals surface area contributed by atoms with Crippen molar-refractivity contribution in [3.63, 3.8) is 0 Å². The SMILES string of the molecule is O=C(O)CC12C=C1c1ccccc1-c1cc3ccccc3n1C2. The number of nitrogens with zero attached hydrogens (tertiary/aromatic N) is 1. The summed E-state index contributed by atoms with van der Waals surface area (Å²) in [6, 6.07) is 18.9. The van der Waals surface area contributed by atoms with Crippen LogP contribution in [0, 0.1) is 5.41 Å². The molecule has 0 saturated carbocycles. The lowest BCUT2D eigenvalue weighted by Crippen LogP contribution is -2.18. The number of rotatable bonds is 2. The van der Waals surface area contributed by atoms with Crippen molar-refractivity contribution in [2.45, 2.75) is 13.0 Å². The van der Waals surface area contributed by atoms with Gasteiger partial charge >= 0.3 is 5.97 Å². The van der Waals surface area contributed by atoms with E-state index in [9.17, 15) is 9.90 Å². The minimum Gasteiger partial charge on any atom is -0.481 e. The standard InChI is InChI=1S/C20H15NO2/c22-19(23)11-20-10-16(20)14-6-2-3-7-15(14)18-9-13-5-1-4-8-17(13)21(18)12-20/h1-10H,11-12H2,(H,22,23). The van der Waals surface area contributed by atoms with Gasteiger partial charge < -0.3 is 9.67 Å². The fourth-order valence-electron chi connectivity index (χ4n) is 4.02. The van der Waals surface area contributed by atoms with Crippen LogP contribution in [0.4, 0.5) is 0 Å². The van der Waals surface area contributed by atoms with E-state index in [1.165, 1.54) is 33.3 Å². The smallest absolute Gasteiger partial charge is 0.304 e. The van der Waals surface area contributed by atoms with E-state index in [2.05, 4.69) is 41.0 Å². The molecule has 1 aromatic heterocycles. The summed E-state index contributed by atoms with van der Waals surface area (Å²) < 4.78 is 2.29. The second-order valence-corrected chi connectivity index (χ2v) is 6.50. The zero-order valence-electron chi connectivity index (χ0n) is 12.5. The summed E-state index contributed by atoms with van der Waals surface area (Å²) in [4.78, 5) is 11.4. The van der Waals surface area contributed by atoms with Gasteiger partial charge in [-0.25, -0.2) is 0 Å². The first-order valence-corrected chi connectivity index (χ1v) is 7.81. The molecule has 2 aliphatic rings. The molecule has 1 aliphatic heterocycles. The van der Waals surface area contributed by atoms with Gasteiger partial charge in [-0.1, -0.05) is 48.5 Å². The largest absolute Gasteiger partial charge is 0.481 e. The highest BCUT2D eigenvalue weighted by atomic mass is 16.4. The monoisotopic (exact) mass is 301 g/mol. The van der Waals surface area contributed by atoms with Crippen LogP contribution in [0.2, 0.25) is 0 Å². The topological polar surface area (TPSA) is 42.2 Å². The first kappa shape index (κ1) is 12.7. The Balaban J connectivity index is 1.81. The summed E-state index contributed by atoms with van der Waals surface area (Å²) >= 11 is 0. The van der Waals surface area contributed by atoms with Gasteiger partial charge in [-0.2, -0.15) is 0 Å². The van der Waals surface area contributed by atoms with E-state index >= 15 is 0 Å². The third-order valence-electron chi connectivity index (χ3n) is 5.08. The Morgan fingerprint density at radius 3 is 2.65 bits per heavy atom. The second kappa shape index (κ2) is 4.13. The number of carbonyl (C=O) groups is 1. The predicted molar refractivity (Wildman–Crippen MR) is 90.0 cm³/mol. The molecular weight excluding hydrogens is 286 g/mol. The van der Waals surface area contributed by atoms with E-state index < -0.39 is 5.97 Å². The number of benzene rings is 2. The normalized spacial score (nSPS) is 21.0. The minimum absolute atomic E-state index is 0.155. The molecule has 1 unspecified atom stereocenters. The van der Waals surface area contributed by atoms with Crippen molar-refractivity contribution < 1.29 is 9.90 Å². The lowest BCUT2D eigenvalue weighted by atomic mass is 9.91. The molecule has 1 N–H and O–H groups in total. The van der Waals surface area contributed by atoms with Crippen molar-refractivity contribution in [3.8, 4) is 11.3 Å². The summed E-state index contributed by atoms with van der Waals surface area (Å²) in [7, 11) is 0. The van der Waals surface area contributed by atoms with Crippen LogP contribution in [0.25, 0.3) is 27.7 Å². The van der Waals surface area contributed by atoms with Crippen molar-refractivity contribution in [1.29, 1.82) is 0 Å². The van der Waals surface area contributed by atoms with Crippen LogP contribution < -0.4 is 0 Å². The highest BCUT2D eigenvalue weighted by Gasteiger charge is 2.49. The Morgan fingerprint density at radius 1 is 1.09 bits per heavy atom. The molecule has 3 aromatic rings. The molecule has 23 heavy (non-hydrogen) atoms. The van der Waals surface area contributed by atoms with Crippen molar-refractivity contribution >= 4 is 22.4 Å². The molecule has 2 heterocycles. The molecule has 0 bridgehead atoms. The average Bonchev–Trinajstić information content (AvgIpc) is 3.13. The molecule has 1 atom stereocenters. The van der Waals surface area contributed by atoms with E-state index in [0.717, 1.165) is 0 Å². The molecule has 0 saturated heterocycles. The van der Waals surface area contributed by atoms with Gasteiger partial charge in [0.15, 0.2) is 0 Å². The first-order chi connectivity index (χ1) is 11.2. The number of allylic oxidation sites excluding steroid dienone is 2. The molecule has 3 nitrogen and oxygen atoms in total. The summed E-state index contributed by atoms with van der Waals surface area (Å²) in [5, 5.41) is 10.6. The summed E-state index contributed by atoms with van der Waals surface area (Å²) in [5.41, 5.74) is 5.57. The zero-order valence-corrected chi connectivity index (χ0v) is 12.5. The van der Waals surface area contributed by atoms with Crippen LogP contribution in [0.3, 0.4) is 0 Å². The van der Waals surface area contributed by atoms with Gasteiger partial charge in [0.05, 0.1) is 6.42 Å². The van der Waals surface area contributed by atoms with E-state index in [1.54, 1.807) is 0 Å². The highest BCUT2D eigenvalue weighted by Crippen LogP contribution is 2.59. The van der Waals surface area contributed by atoms with E-state index in [4.69, 9.17) is 0 Å². The fourth-order valence-corrected chi connectivity index (χ4v) is 4.02. The predicted octanol–water partition coefficient (Wildman–Crippen LogP) is 4.18. The number of carboxylic acid groups (broad SMARTS) is 1. The number of hydrogen-bond donors (Lipinski definition) is 1. The molecule has 0 radical (unpaired) electrons. The minimum atomic E-state index is -0.742. The van der Waals surface area contributed by atoms with Gasteiger partial charge in [-0.05, 0) is 23.3 Å². The number of hydrogen-bond acceptors (Lipinski definition) is 1. The van der Waals surface area contributed by atoms with Crippen LogP contribution in [0.5, 0.6) is 0 Å². The Morgan fingerprint density at radius 2 is 1.83 bits per heavy atom. The lowest BCUT2D eigenvalue weighted by Gasteiger charge is -2.17. The number of aliphatic carboxylic acids is 1. The van der Waals surface area contributed by atoms with Gasteiger partial charge in [0.1, 0.15) is 0 Å². The number of carboxylic acids is 1. The Hall–Kier alpha value is -2.81. The van der Waals surface area contributed by atoms with E-state index in [1.807, 2.05) is 24.3 Å². The molecule has 112 valence electrons. The average molecular weight is 301 g/mol. The van der Waals surface area contributed by atoms with E-state index in [-0.39, 0.29) is 11.8 Å². The summed E-state index contributed by atoms with van der Waals surface area (Å²) in [5.74, 6) is -0.742. The van der Waals surface area contributed by atoms with Crippen molar-refractivity contribution in [1.82, 2.24) is 4.57 Å². The molecule has 0 spiro atoms. The number of aromatic nitrogens is 1.